The number of halogens is 1. The summed E-state index contributed by atoms with van der Waals surface area (Å²) < 4.78 is 40.5. The van der Waals surface area contributed by atoms with Gasteiger partial charge in [0.1, 0.15) is 12.1 Å². The molecule has 0 aliphatic rings. The van der Waals surface area contributed by atoms with Crippen LogP contribution in [-0.2, 0) is 10.0 Å². The number of nitrogens with zero attached hydrogens (tertiary/aromatic N) is 2. The van der Waals surface area contributed by atoms with Gasteiger partial charge < -0.3 is 5.73 Å². The molecule has 0 unspecified atom stereocenters. The third kappa shape index (κ3) is 2.55. The van der Waals surface area contributed by atoms with Crippen molar-refractivity contribution in [3.8, 4) is 0 Å². The molecule has 0 bridgehead atoms. The van der Waals surface area contributed by atoms with Crippen LogP contribution in [0.3, 0.4) is 0 Å². The summed E-state index contributed by atoms with van der Waals surface area (Å²) in [6.07, 6.45) is 3.92. The van der Waals surface area contributed by atoms with Gasteiger partial charge in [-0.2, -0.15) is 0 Å². The van der Waals surface area contributed by atoms with E-state index in [1.54, 1.807) is 0 Å². The molecule has 2 aromatic rings. The zero-order valence-electron chi connectivity index (χ0n) is 10.9. The summed E-state index contributed by atoms with van der Waals surface area (Å²) in [5.74, 6) is -0.637. The lowest BCUT2D eigenvalue weighted by Gasteiger charge is -2.14. The first-order valence-electron chi connectivity index (χ1n) is 5.66. The van der Waals surface area contributed by atoms with E-state index >= 15 is 0 Å². The van der Waals surface area contributed by atoms with Gasteiger partial charge in [0, 0.05) is 0 Å². The van der Waals surface area contributed by atoms with Crippen LogP contribution in [0.2, 0.25) is 0 Å². The quantitative estimate of drug-likeness (QED) is 0.839. The number of benzene rings is 1. The van der Waals surface area contributed by atoms with E-state index in [4.69, 9.17) is 5.73 Å². The van der Waals surface area contributed by atoms with Gasteiger partial charge in [-0.15, -0.1) is 0 Å². The molecule has 20 heavy (non-hydrogen) atoms. The molecule has 8 heteroatoms. The van der Waals surface area contributed by atoms with E-state index in [1.165, 1.54) is 32.6 Å². The first-order valence-corrected chi connectivity index (χ1v) is 7.14. The zero-order chi connectivity index (χ0) is 14.9. The van der Waals surface area contributed by atoms with Crippen LogP contribution < -0.4 is 10.5 Å². The van der Waals surface area contributed by atoms with Crippen molar-refractivity contribution in [3.63, 3.8) is 0 Å². The average molecular weight is 296 g/mol. The van der Waals surface area contributed by atoms with Crippen LogP contribution in [0.15, 0.2) is 29.7 Å². The Labute approximate surface area is 115 Å². The standard InChI is InChI=1S/C12H13FN4O2S/c1-7-3-10(13)11(14)8(2)12(7)20(18,19)17-9-4-15-6-16-5-9/h3-6,17H,14H2,1-2H3. The summed E-state index contributed by atoms with van der Waals surface area (Å²) in [6.45, 7) is 2.97. The second-order valence-corrected chi connectivity index (χ2v) is 5.89. The monoisotopic (exact) mass is 296 g/mol. The van der Waals surface area contributed by atoms with E-state index in [0.29, 0.717) is 0 Å². The van der Waals surface area contributed by atoms with Crippen LogP contribution in [0.5, 0.6) is 0 Å². The number of nitrogens with two attached hydrogens (primary N) is 1. The van der Waals surface area contributed by atoms with E-state index in [2.05, 4.69) is 14.7 Å². The molecule has 0 aliphatic heterocycles. The lowest BCUT2D eigenvalue weighted by atomic mass is 10.1. The second kappa shape index (κ2) is 5.04. The van der Waals surface area contributed by atoms with Gasteiger partial charge in [0.15, 0.2) is 0 Å². The normalized spacial score (nSPS) is 11.3. The Morgan fingerprint density at radius 1 is 1.25 bits per heavy atom. The van der Waals surface area contributed by atoms with Gasteiger partial charge in [0.2, 0.25) is 0 Å². The van der Waals surface area contributed by atoms with Crippen LogP contribution in [0.25, 0.3) is 0 Å². The predicted octanol–water partition coefficient (Wildman–Crippen LogP) is 1.62. The fraction of sp³-hybridized carbons (Fsp3) is 0.167. The minimum Gasteiger partial charge on any atom is -0.396 e. The lowest BCUT2D eigenvalue weighted by molar-refractivity contribution is 0.598. The summed E-state index contributed by atoms with van der Waals surface area (Å²) in [4.78, 5) is 7.39. The number of sulfonamides is 1. The molecule has 0 amide bonds. The Morgan fingerprint density at radius 2 is 1.85 bits per heavy atom. The molecule has 1 aromatic carbocycles. The fourth-order valence-electron chi connectivity index (χ4n) is 1.90. The topological polar surface area (TPSA) is 98.0 Å². The summed E-state index contributed by atoms with van der Waals surface area (Å²) in [5, 5.41) is 0. The molecule has 0 spiro atoms. The van der Waals surface area contributed by atoms with Crippen molar-refractivity contribution in [3.05, 3.63) is 41.7 Å². The maximum Gasteiger partial charge on any atom is 0.262 e. The van der Waals surface area contributed by atoms with Crippen molar-refractivity contribution in [2.45, 2.75) is 18.7 Å². The van der Waals surface area contributed by atoms with E-state index < -0.39 is 15.8 Å². The van der Waals surface area contributed by atoms with Gasteiger partial charge in [0.25, 0.3) is 10.0 Å². The van der Waals surface area contributed by atoms with Crippen molar-refractivity contribution >= 4 is 21.4 Å². The molecular weight excluding hydrogens is 283 g/mol. The van der Waals surface area contributed by atoms with Gasteiger partial charge >= 0.3 is 0 Å². The molecule has 1 aromatic heterocycles. The smallest absolute Gasteiger partial charge is 0.262 e. The molecule has 0 saturated heterocycles. The Bertz CT molecular complexity index is 748. The summed E-state index contributed by atoms with van der Waals surface area (Å²) in [5.41, 5.74) is 6.04. The minimum atomic E-state index is -3.89. The zero-order valence-corrected chi connectivity index (χ0v) is 11.7. The molecular formula is C12H13FN4O2S. The number of rotatable bonds is 3. The molecule has 6 nitrogen and oxygen atoms in total. The SMILES string of the molecule is Cc1cc(F)c(N)c(C)c1S(=O)(=O)Nc1cncnc1. The van der Waals surface area contributed by atoms with Crippen LogP contribution >= 0.6 is 0 Å². The van der Waals surface area contributed by atoms with Crippen molar-refractivity contribution in [2.75, 3.05) is 10.5 Å². The van der Waals surface area contributed by atoms with Gasteiger partial charge in [0.05, 0.1) is 28.7 Å². The van der Waals surface area contributed by atoms with Crippen LogP contribution in [-0.4, -0.2) is 18.4 Å². The summed E-state index contributed by atoms with van der Waals surface area (Å²) in [6, 6.07) is 1.10. The Morgan fingerprint density at radius 3 is 2.45 bits per heavy atom. The maximum absolute atomic E-state index is 13.5. The molecule has 0 saturated carbocycles. The summed E-state index contributed by atoms with van der Waals surface area (Å²) >= 11 is 0. The van der Waals surface area contributed by atoms with Gasteiger partial charge in [-0.3, -0.25) is 4.72 Å². The van der Waals surface area contributed by atoms with E-state index in [0.717, 1.165) is 6.07 Å². The predicted molar refractivity (Wildman–Crippen MR) is 73.1 cm³/mol. The van der Waals surface area contributed by atoms with E-state index in [-0.39, 0.29) is 27.4 Å². The van der Waals surface area contributed by atoms with Gasteiger partial charge in [-0.25, -0.2) is 22.8 Å². The number of nitrogens with one attached hydrogen (secondary N) is 1. The third-order valence-corrected chi connectivity index (χ3v) is 4.45. The van der Waals surface area contributed by atoms with Crippen molar-refractivity contribution in [2.24, 2.45) is 0 Å². The van der Waals surface area contributed by atoms with Crippen molar-refractivity contribution in [1.29, 1.82) is 0 Å². The Hall–Kier alpha value is -2.22. The molecule has 0 radical (unpaired) electrons. The molecule has 106 valence electrons. The second-order valence-electron chi connectivity index (χ2n) is 4.28. The third-order valence-electron chi connectivity index (χ3n) is 2.78. The van der Waals surface area contributed by atoms with Gasteiger partial charge in [-0.1, -0.05) is 0 Å². The number of nitrogen functional groups attached to an aromatic ring is 1. The number of hydrogen-bond donors (Lipinski definition) is 2. The molecule has 1 heterocycles. The van der Waals surface area contributed by atoms with E-state index in [9.17, 15) is 12.8 Å². The fourth-order valence-corrected chi connectivity index (χ4v) is 3.42. The van der Waals surface area contributed by atoms with Gasteiger partial charge in [-0.05, 0) is 31.0 Å². The highest BCUT2D eigenvalue weighted by molar-refractivity contribution is 7.92. The largest absolute Gasteiger partial charge is 0.396 e. The van der Waals surface area contributed by atoms with Crippen molar-refractivity contribution in [1.82, 2.24) is 9.97 Å². The Kier molecular flexibility index (Phi) is 3.58. The number of aryl methyl sites for hydroxylation is 1. The maximum atomic E-state index is 13.5. The average Bonchev–Trinajstić information content (AvgIpc) is 2.36. The highest BCUT2D eigenvalue weighted by Gasteiger charge is 2.23. The molecule has 0 fully saturated rings. The number of anilines is 2. The summed E-state index contributed by atoms with van der Waals surface area (Å²) in [7, 11) is -3.89. The van der Waals surface area contributed by atoms with Crippen LogP contribution in [0, 0.1) is 19.7 Å². The highest BCUT2D eigenvalue weighted by Crippen LogP contribution is 2.28. The first-order chi connectivity index (χ1) is 9.33. The highest BCUT2D eigenvalue weighted by atomic mass is 32.2. The molecule has 3 N–H and O–H groups in total. The van der Waals surface area contributed by atoms with Crippen LogP contribution in [0.4, 0.5) is 15.8 Å². The lowest BCUT2D eigenvalue weighted by Crippen LogP contribution is -2.17. The number of hydrogen-bond acceptors (Lipinski definition) is 5. The first kappa shape index (κ1) is 14.2. The van der Waals surface area contributed by atoms with Crippen molar-refractivity contribution < 1.29 is 12.8 Å². The van der Waals surface area contributed by atoms with E-state index in [1.807, 2.05) is 0 Å². The molecule has 0 atom stereocenters. The molecule has 2 rings (SSSR count). The molecule has 0 aliphatic carbocycles. The number of aromatic nitrogens is 2. The minimum absolute atomic E-state index is 0.0414. The van der Waals surface area contributed by atoms with Crippen LogP contribution in [0.1, 0.15) is 11.1 Å². The Balaban J connectivity index is 2.53.